The molecule has 3 amide bonds. The highest BCUT2D eigenvalue weighted by Crippen LogP contribution is 2.33. The van der Waals surface area contributed by atoms with Crippen molar-refractivity contribution >= 4 is 63.8 Å². The fourth-order valence-corrected chi connectivity index (χ4v) is 3.93. The van der Waals surface area contributed by atoms with E-state index in [-0.39, 0.29) is 16.5 Å². The molecular formula is C26H19Cl2N3O4. The van der Waals surface area contributed by atoms with E-state index in [4.69, 9.17) is 23.2 Å². The van der Waals surface area contributed by atoms with Crippen LogP contribution in [0.2, 0.25) is 5.02 Å². The van der Waals surface area contributed by atoms with Crippen LogP contribution >= 0.6 is 23.2 Å². The molecule has 0 unspecified atom stereocenters. The molecule has 0 bridgehead atoms. The minimum atomic E-state index is -0.677. The largest absolute Gasteiger partial charge is 0.350 e. The highest BCUT2D eigenvalue weighted by molar-refractivity contribution is 6.53. The van der Waals surface area contributed by atoms with Crippen LogP contribution in [0.15, 0.2) is 77.5 Å². The Balaban J connectivity index is 1.55. The third kappa shape index (κ3) is 4.96. The number of aryl methyl sites for hydroxylation is 1. The first-order valence-electron chi connectivity index (χ1n) is 10.5. The maximum absolute atomic E-state index is 13.1. The van der Waals surface area contributed by atoms with Gasteiger partial charge in [-0.1, -0.05) is 47.5 Å². The molecule has 7 nitrogen and oxygen atoms in total. The van der Waals surface area contributed by atoms with E-state index in [0.29, 0.717) is 38.8 Å². The van der Waals surface area contributed by atoms with Gasteiger partial charge in [-0.2, -0.15) is 0 Å². The molecule has 3 aromatic rings. The Hall–Kier alpha value is -3.94. The van der Waals surface area contributed by atoms with E-state index in [2.05, 4.69) is 10.6 Å². The van der Waals surface area contributed by atoms with E-state index < -0.39 is 17.7 Å². The van der Waals surface area contributed by atoms with Crippen molar-refractivity contribution in [2.24, 2.45) is 0 Å². The second-order valence-corrected chi connectivity index (χ2v) is 8.68. The van der Waals surface area contributed by atoms with Gasteiger partial charge in [0.25, 0.3) is 17.7 Å². The minimum Gasteiger partial charge on any atom is -0.350 e. The van der Waals surface area contributed by atoms with Crippen LogP contribution < -0.4 is 15.5 Å². The van der Waals surface area contributed by atoms with Crippen molar-refractivity contribution in [2.45, 2.75) is 13.8 Å². The van der Waals surface area contributed by atoms with E-state index in [1.54, 1.807) is 61.5 Å². The summed E-state index contributed by atoms with van der Waals surface area (Å²) in [5.41, 5.74) is 2.52. The molecule has 0 aromatic heterocycles. The molecule has 176 valence electrons. The number of hydrogen-bond donors (Lipinski definition) is 2. The number of nitrogens with one attached hydrogen (secondary N) is 2. The summed E-state index contributed by atoms with van der Waals surface area (Å²) in [4.78, 5) is 51.2. The lowest BCUT2D eigenvalue weighted by Gasteiger charge is -2.18. The summed E-state index contributed by atoms with van der Waals surface area (Å²) < 4.78 is 0. The van der Waals surface area contributed by atoms with Crippen LogP contribution in [0.25, 0.3) is 0 Å². The maximum Gasteiger partial charge on any atom is 0.283 e. The number of benzene rings is 3. The zero-order valence-electron chi connectivity index (χ0n) is 18.7. The number of nitrogens with zero attached hydrogens (tertiary/aromatic N) is 1. The molecule has 3 aromatic carbocycles. The minimum absolute atomic E-state index is 0.109. The Kier molecular flexibility index (Phi) is 6.73. The molecule has 0 atom stereocenters. The number of carbonyl (C=O) groups excluding carboxylic acids is 4. The lowest BCUT2D eigenvalue weighted by atomic mass is 10.1. The van der Waals surface area contributed by atoms with Crippen LogP contribution in [0, 0.1) is 6.92 Å². The second-order valence-electron chi connectivity index (χ2n) is 7.86. The average molecular weight is 508 g/mol. The van der Waals surface area contributed by atoms with Crippen molar-refractivity contribution in [3.05, 3.63) is 99.2 Å². The first-order valence-corrected chi connectivity index (χ1v) is 11.3. The van der Waals surface area contributed by atoms with Gasteiger partial charge >= 0.3 is 0 Å². The van der Waals surface area contributed by atoms with Crippen molar-refractivity contribution in [3.8, 4) is 0 Å². The maximum atomic E-state index is 13.1. The second kappa shape index (κ2) is 9.74. The van der Waals surface area contributed by atoms with Crippen molar-refractivity contribution in [1.29, 1.82) is 0 Å². The van der Waals surface area contributed by atoms with E-state index in [1.807, 2.05) is 0 Å². The average Bonchev–Trinajstić information content (AvgIpc) is 3.04. The summed E-state index contributed by atoms with van der Waals surface area (Å²) in [7, 11) is 0. The highest BCUT2D eigenvalue weighted by Gasteiger charge is 2.39. The summed E-state index contributed by atoms with van der Waals surface area (Å²) in [6.07, 6.45) is 0. The molecule has 9 heteroatoms. The molecule has 0 saturated heterocycles. The molecule has 4 rings (SSSR count). The van der Waals surface area contributed by atoms with Crippen LogP contribution in [0.4, 0.5) is 17.1 Å². The molecule has 0 aliphatic carbocycles. The first-order chi connectivity index (χ1) is 16.7. The van der Waals surface area contributed by atoms with E-state index >= 15 is 0 Å². The van der Waals surface area contributed by atoms with Gasteiger partial charge in [0.05, 0.1) is 5.69 Å². The number of halogens is 2. The topological polar surface area (TPSA) is 95.6 Å². The fourth-order valence-electron chi connectivity index (χ4n) is 3.56. The molecule has 0 radical (unpaired) electrons. The van der Waals surface area contributed by atoms with Crippen molar-refractivity contribution < 1.29 is 19.2 Å². The van der Waals surface area contributed by atoms with E-state index in [1.165, 1.54) is 19.1 Å². The van der Waals surface area contributed by atoms with Gasteiger partial charge in [0.2, 0.25) is 0 Å². The van der Waals surface area contributed by atoms with Crippen molar-refractivity contribution in [2.75, 3.05) is 15.5 Å². The van der Waals surface area contributed by atoms with Crippen molar-refractivity contribution in [1.82, 2.24) is 0 Å². The van der Waals surface area contributed by atoms with Crippen LogP contribution in [0.5, 0.6) is 0 Å². The SMILES string of the molecule is CC(=O)c1cccc(NC(=O)c2cccc(NC3=C(Cl)C(=O)N(c4cc(Cl)ccc4C)C3=O)c2)c1. The Bertz CT molecular complexity index is 1430. The predicted molar refractivity (Wildman–Crippen MR) is 136 cm³/mol. The summed E-state index contributed by atoms with van der Waals surface area (Å²) >= 11 is 12.3. The molecule has 1 aliphatic heterocycles. The predicted octanol–water partition coefficient (Wildman–Crippen LogP) is 5.54. The summed E-state index contributed by atoms with van der Waals surface area (Å²) in [6, 6.07) is 17.8. The number of ketones is 1. The number of rotatable bonds is 6. The first kappa shape index (κ1) is 24.2. The van der Waals surface area contributed by atoms with Gasteiger partial charge < -0.3 is 10.6 Å². The van der Waals surface area contributed by atoms with E-state index in [0.717, 1.165) is 4.90 Å². The molecule has 0 spiro atoms. The molecule has 2 N–H and O–H groups in total. The van der Waals surface area contributed by atoms with Gasteiger partial charge in [0, 0.05) is 27.5 Å². The normalized spacial score (nSPS) is 13.3. The van der Waals surface area contributed by atoms with E-state index in [9.17, 15) is 19.2 Å². The van der Waals surface area contributed by atoms with Gasteiger partial charge in [-0.05, 0) is 61.9 Å². The summed E-state index contributed by atoms with van der Waals surface area (Å²) in [5.74, 6) is -1.85. The number of Topliss-reactive ketones (excluding diaryl/α,β-unsaturated/α-hetero) is 1. The summed E-state index contributed by atoms with van der Waals surface area (Å²) in [6.45, 7) is 3.19. The smallest absolute Gasteiger partial charge is 0.283 e. The van der Waals surface area contributed by atoms with Crippen LogP contribution in [-0.2, 0) is 9.59 Å². The molecule has 0 fully saturated rings. The summed E-state index contributed by atoms with van der Waals surface area (Å²) in [5, 5.41) is 5.70. The van der Waals surface area contributed by atoms with Gasteiger partial charge in [-0.3, -0.25) is 19.2 Å². The lowest BCUT2D eigenvalue weighted by Crippen LogP contribution is -2.32. The lowest BCUT2D eigenvalue weighted by molar-refractivity contribution is -0.120. The van der Waals surface area contributed by atoms with Gasteiger partial charge in [0.15, 0.2) is 5.78 Å². The molecule has 1 aliphatic rings. The van der Waals surface area contributed by atoms with Crippen LogP contribution in [0.3, 0.4) is 0 Å². The number of imide groups is 1. The zero-order valence-corrected chi connectivity index (χ0v) is 20.2. The highest BCUT2D eigenvalue weighted by atomic mass is 35.5. The Morgan fingerprint density at radius 3 is 2.20 bits per heavy atom. The third-order valence-corrected chi connectivity index (χ3v) is 5.95. The molecule has 0 saturated carbocycles. The fraction of sp³-hybridized carbons (Fsp3) is 0.0769. The van der Waals surface area contributed by atoms with Crippen molar-refractivity contribution in [3.63, 3.8) is 0 Å². The van der Waals surface area contributed by atoms with Crippen LogP contribution in [-0.4, -0.2) is 23.5 Å². The third-order valence-electron chi connectivity index (χ3n) is 5.36. The monoisotopic (exact) mass is 507 g/mol. The standard InChI is InChI=1S/C26H19Cl2N3O4/c1-14-9-10-18(27)13-21(14)31-25(34)22(28)23(26(31)35)29-19-7-4-6-17(12-19)24(33)30-20-8-3-5-16(11-20)15(2)32/h3-13,29H,1-2H3,(H,30,33). The number of carbonyl (C=O) groups is 4. The van der Waals surface area contributed by atoms with Crippen LogP contribution in [0.1, 0.15) is 33.2 Å². The zero-order chi connectivity index (χ0) is 25.3. The van der Waals surface area contributed by atoms with Gasteiger partial charge in [-0.15, -0.1) is 0 Å². The Morgan fingerprint density at radius 2 is 1.49 bits per heavy atom. The van der Waals surface area contributed by atoms with Gasteiger partial charge in [0.1, 0.15) is 10.7 Å². The molecule has 1 heterocycles. The van der Waals surface area contributed by atoms with Gasteiger partial charge in [-0.25, -0.2) is 4.90 Å². The Morgan fingerprint density at radius 1 is 0.829 bits per heavy atom. The molecule has 35 heavy (non-hydrogen) atoms. The Labute approximate surface area is 211 Å². The quantitative estimate of drug-likeness (QED) is 0.337. The number of hydrogen-bond acceptors (Lipinski definition) is 5. The number of amides is 3. The number of anilines is 3. The molecular weight excluding hydrogens is 489 g/mol.